The van der Waals surface area contributed by atoms with Crippen molar-refractivity contribution in [2.45, 2.75) is 19.1 Å². The number of aromatic nitrogens is 2. The van der Waals surface area contributed by atoms with E-state index in [1.165, 1.54) is 0 Å². The summed E-state index contributed by atoms with van der Waals surface area (Å²) in [5.74, 6) is 0. The Balaban J connectivity index is 2.39. The molecule has 1 rings (SSSR count). The molecule has 0 saturated carbocycles. The van der Waals surface area contributed by atoms with Gasteiger partial charge in [0.15, 0.2) is 6.29 Å². The molecule has 0 aromatic carbocycles. The summed E-state index contributed by atoms with van der Waals surface area (Å²) in [4.78, 5) is 7.80. The van der Waals surface area contributed by atoms with Crippen molar-refractivity contribution in [1.82, 2.24) is 9.97 Å². The van der Waals surface area contributed by atoms with E-state index in [9.17, 15) is 0 Å². The summed E-state index contributed by atoms with van der Waals surface area (Å²) in [6.45, 7) is 0. The Bertz CT molecular complexity index is 201. The predicted octanol–water partition coefficient (Wildman–Crippen LogP) is -0.280. The van der Waals surface area contributed by atoms with Crippen LogP contribution in [0.2, 0.25) is 0 Å². The molecule has 0 fully saturated rings. The molecule has 0 unspecified atom stereocenters. The molecule has 0 bridgehead atoms. The van der Waals surface area contributed by atoms with Crippen LogP contribution in [0.25, 0.3) is 0 Å². The van der Waals surface area contributed by atoms with Crippen LogP contribution in [0.4, 0.5) is 0 Å². The maximum atomic E-state index is 8.52. The lowest BCUT2D eigenvalue weighted by atomic mass is 10.2. The summed E-state index contributed by atoms with van der Waals surface area (Å²) >= 11 is 0. The topological polar surface area (TPSA) is 66.2 Å². The van der Waals surface area contributed by atoms with Crippen LogP contribution in [-0.2, 0) is 6.42 Å². The van der Waals surface area contributed by atoms with E-state index in [0.717, 1.165) is 5.69 Å². The minimum atomic E-state index is -1.25. The van der Waals surface area contributed by atoms with E-state index in [0.29, 0.717) is 12.8 Å². The average Bonchev–Trinajstić information content (AvgIpc) is 2.03. The first-order chi connectivity index (χ1) is 5.29. The molecule has 2 N–H and O–H groups in total. The van der Waals surface area contributed by atoms with Gasteiger partial charge in [0.2, 0.25) is 0 Å². The van der Waals surface area contributed by atoms with Crippen LogP contribution >= 0.6 is 0 Å². The number of aliphatic hydroxyl groups is 2. The van der Waals surface area contributed by atoms with Crippen LogP contribution in [0, 0.1) is 0 Å². The van der Waals surface area contributed by atoms with E-state index in [1.54, 1.807) is 18.6 Å². The quantitative estimate of drug-likeness (QED) is 0.587. The van der Waals surface area contributed by atoms with Gasteiger partial charge in [-0.25, -0.2) is 0 Å². The first kappa shape index (κ1) is 8.10. The first-order valence-electron chi connectivity index (χ1n) is 3.40. The standard InChI is InChI=1S/C7H10N2O2/c10-7(11)2-1-6-5-8-3-4-9-6/h3-5,7,10-11H,1-2H2. The average molecular weight is 154 g/mol. The summed E-state index contributed by atoms with van der Waals surface area (Å²) in [5.41, 5.74) is 0.778. The third kappa shape index (κ3) is 3.06. The zero-order valence-electron chi connectivity index (χ0n) is 6.01. The second-order valence-corrected chi connectivity index (χ2v) is 2.22. The maximum Gasteiger partial charge on any atom is 0.151 e. The molecule has 60 valence electrons. The van der Waals surface area contributed by atoms with Gasteiger partial charge in [-0.2, -0.15) is 0 Å². The minimum absolute atomic E-state index is 0.304. The molecule has 1 heterocycles. The van der Waals surface area contributed by atoms with Gasteiger partial charge in [-0.3, -0.25) is 9.97 Å². The number of nitrogens with zero attached hydrogens (tertiary/aromatic N) is 2. The van der Waals surface area contributed by atoms with Gasteiger partial charge in [0, 0.05) is 25.0 Å². The van der Waals surface area contributed by atoms with E-state index in [-0.39, 0.29) is 0 Å². The molecule has 0 saturated heterocycles. The second-order valence-electron chi connectivity index (χ2n) is 2.22. The first-order valence-corrected chi connectivity index (χ1v) is 3.40. The molecule has 4 heteroatoms. The van der Waals surface area contributed by atoms with Crippen LogP contribution in [0.3, 0.4) is 0 Å². The highest BCUT2D eigenvalue weighted by molar-refractivity contribution is 4.94. The molecular weight excluding hydrogens is 144 g/mol. The van der Waals surface area contributed by atoms with Crippen LogP contribution in [0.15, 0.2) is 18.6 Å². The molecule has 0 amide bonds. The monoisotopic (exact) mass is 154 g/mol. The minimum Gasteiger partial charge on any atom is -0.368 e. The lowest BCUT2D eigenvalue weighted by Gasteiger charge is -2.00. The van der Waals surface area contributed by atoms with Crippen molar-refractivity contribution >= 4 is 0 Å². The highest BCUT2D eigenvalue weighted by Crippen LogP contribution is 1.97. The van der Waals surface area contributed by atoms with Gasteiger partial charge < -0.3 is 10.2 Å². The third-order valence-corrected chi connectivity index (χ3v) is 1.28. The smallest absolute Gasteiger partial charge is 0.151 e. The maximum absolute atomic E-state index is 8.52. The number of hydrogen-bond donors (Lipinski definition) is 2. The fourth-order valence-electron chi connectivity index (χ4n) is 0.736. The number of hydrogen-bond acceptors (Lipinski definition) is 4. The highest BCUT2D eigenvalue weighted by atomic mass is 16.5. The van der Waals surface area contributed by atoms with Gasteiger partial charge in [-0.15, -0.1) is 0 Å². The summed E-state index contributed by atoms with van der Waals surface area (Å²) in [6.07, 6.45) is 4.38. The van der Waals surface area contributed by atoms with Crippen molar-refractivity contribution in [3.05, 3.63) is 24.3 Å². The Labute approximate surface area is 64.6 Å². The zero-order chi connectivity index (χ0) is 8.10. The Morgan fingerprint density at radius 2 is 2.18 bits per heavy atom. The van der Waals surface area contributed by atoms with E-state index in [1.807, 2.05) is 0 Å². The van der Waals surface area contributed by atoms with E-state index >= 15 is 0 Å². The van der Waals surface area contributed by atoms with Crippen molar-refractivity contribution in [1.29, 1.82) is 0 Å². The molecule has 11 heavy (non-hydrogen) atoms. The molecule has 1 aromatic rings. The highest BCUT2D eigenvalue weighted by Gasteiger charge is 1.98. The Morgan fingerprint density at radius 1 is 1.36 bits per heavy atom. The fourth-order valence-corrected chi connectivity index (χ4v) is 0.736. The van der Waals surface area contributed by atoms with Crippen LogP contribution in [0.1, 0.15) is 12.1 Å². The van der Waals surface area contributed by atoms with Crippen molar-refractivity contribution in [2.75, 3.05) is 0 Å². The van der Waals surface area contributed by atoms with Gasteiger partial charge >= 0.3 is 0 Å². The van der Waals surface area contributed by atoms with E-state index < -0.39 is 6.29 Å². The Morgan fingerprint density at radius 3 is 2.73 bits per heavy atom. The molecule has 0 spiro atoms. The molecule has 1 aromatic heterocycles. The van der Waals surface area contributed by atoms with Crippen LogP contribution in [-0.4, -0.2) is 26.5 Å². The lowest BCUT2D eigenvalue weighted by molar-refractivity contribution is -0.0448. The second kappa shape index (κ2) is 4.00. The Hall–Kier alpha value is -1.00. The molecular formula is C7H10N2O2. The Kier molecular flexibility index (Phi) is 2.95. The lowest BCUT2D eigenvalue weighted by Crippen LogP contribution is -2.06. The zero-order valence-corrected chi connectivity index (χ0v) is 6.01. The van der Waals surface area contributed by atoms with Gasteiger partial charge in [-0.05, 0) is 6.42 Å². The van der Waals surface area contributed by atoms with E-state index in [2.05, 4.69) is 9.97 Å². The number of rotatable bonds is 3. The summed E-state index contributed by atoms with van der Waals surface area (Å²) < 4.78 is 0. The van der Waals surface area contributed by atoms with Crippen molar-refractivity contribution in [3.8, 4) is 0 Å². The molecule has 0 aliphatic heterocycles. The third-order valence-electron chi connectivity index (χ3n) is 1.28. The molecule has 0 aliphatic carbocycles. The SMILES string of the molecule is OC(O)CCc1cnccn1. The van der Waals surface area contributed by atoms with Gasteiger partial charge in [-0.1, -0.05) is 0 Å². The largest absolute Gasteiger partial charge is 0.368 e. The van der Waals surface area contributed by atoms with Crippen LogP contribution in [0.5, 0.6) is 0 Å². The number of aliphatic hydroxyl groups excluding tert-OH is 1. The van der Waals surface area contributed by atoms with Gasteiger partial charge in [0.1, 0.15) is 0 Å². The summed E-state index contributed by atoms with van der Waals surface area (Å²) in [5, 5.41) is 17.0. The molecule has 0 radical (unpaired) electrons. The predicted molar refractivity (Wildman–Crippen MR) is 38.6 cm³/mol. The van der Waals surface area contributed by atoms with Crippen molar-refractivity contribution < 1.29 is 10.2 Å². The van der Waals surface area contributed by atoms with Crippen molar-refractivity contribution in [2.24, 2.45) is 0 Å². The fraction of sp³-hybridized carbons (Fsp3) is 0.429. The normalized spacial score (nSPS) is 10.5. The van der Waals surface area contributed by atoms with Crippen molar-refractivity contribution in [3.63, 3.8) is 0 Å². The molecule has 0 atom stereocenters. The van der Waals surface area contributed by atoms with Crippen LogP contribution < -0.4 is 0 Å². The molecule has 0 aliphatic rings. The summed E-state index contributed by atoms with van der Waals surface area (Å²) in [6, 6.07) is 0. The number of aryl methyl sites for hydroxylation is 1. The van der Waals surface area contributed by atoms with E-state index in [4.69, 9.17) is 10.2 Å². The molecule has 4 nitrogen and oxygen atoms in total. The van der Waals surface area contributed by atoms with Gasteiger partial charge in [0.05, 0.1) is 5.69 Å². The van der Waals surface area contributed by atoms with Gasteiger partial charge in [0.25, 0.3) is 0 Å². The summed E-state index contributed by atoms with van der Waals surface area (Å²) in [7, 11) is 0.